The first kappa shape index (κ1) is 25.2. The molecule has 39 heavy (non-hydrogen) atoms. The van der Waals surface area contributed by atoms with E-state index in [1.165, 1.54) is 17.0 Å². The number of benzene rings is 2. The Morgan fingerprint density at radius 2 is 1.82 bits per heavy atom. The molecule has 6 rings (SSSR count). The summed E-state index contributed by atoms with van der Waals surface area (Å²) in [5.41, 5.74) is 2.19. The standard InChI is InChI=1S/C29H29F2N5O3/c1-28(2)27(39)36(23(14-33-28)17-8-19(30)11-20(31)9-17)15-24(37)34-21-6-5-16-12-29(13-18(16)10-21)22-4-3-7-32-25(22)35-26(29)38/h3-6,8-11,23,32-33H,7,12-15H2,1-2H3,(H,34,37)(H,35,38)/t23-,29+/m0/s1. The Bertz CT molecular complexity index is 1460. The van der Waals surface area contributed by atoms with E-state index in [1.54, 1.807) is 19.9 Å². The number of nitrogens with zero attached hydrogens (tertiary/aromatic N) is 1. The Morgan fingerprint density at radius 3 is 2.59 bits per heavy atom. The van der Waals surface area contributed by atoms with Crippen molar-refractivity contribution in [3.63, 3.8) is 0 Å². The van der Waals surface area contributed by atoms with Crippen molar-refractivity contribution in [1.82, 2.24) is 20.9 Å². The van der Waals surface area contributed by atoms with Gasteiger partial charge in [-0.25, -0.2) is 8.78 Å². The van der Waals surface area contributed by atoms with Gasteiger partial charge in [-0.1, -0.05) is 18.2 Å². The maximum absolute atomic E-state index is 14.0. The zero-order valence-electron chi connectivity index (χ0n) is 21.7. The molecule has 3 amide bonds. The molecule has 2 aromatic rings. The monoisotopic (exact) mass is 533 g/mol. The number of amides is 3. The van der Waals surface area contributed by atoms with Crippen molar-refractivity contribution in [2.45, 2.75) is 38.3 Å². The van der Waals surface area contributed by atoms with E-state index in [9.17, 15) is 23.2 Å². The first-order chi connectivity index (χ1) is 18.6. The molecule has 0 saturated carbocycles. The van der Waals surface area contributed by atoms with E-state index in [-0.39, 0.29) is 30.5 Å². The van der Waals surface area contributed by atoms with Crippen LogP contribution in [0.3, 0.4) is 0 Å². The predicted octanol–water partition coefficient (Wildman–Crippen LogP) is 2.44. The summed E-state index contributed by atoms with van der Waals surface area (Å²) in [5.74, 6) is -1.55. The lowest BCUT2D eigenvalue weighted by molar-refractivity contribution is -0.146. The number of carbonyl (C=O) groups is 3. The number of fused-ring (bicyclic) bond motifs is 2. The fourth-order valence-electron chi connectivity index (χ4n) is 6.13. The number of anilines is 1. The van der Waals surface area contributed by atoms with Crippen molar-refractivity contribution in [1.29, 1.82) is 0 Å². The van der Waals surface area contributed by atoms with Gasteiger partial charge in [0.2, 0.25) is 17.7 Å². The third kappa shape index (κ3) is 4.28. The predicted molar refractivity (Wildman–Crippen MR) is 140 cm³/mol. The van der Waals surface area contributed by atoms with Crippen LogP contribution in [0.5, 0.6) is 0 Å². The molecule has 202 valence electrons. The molecule has 0 radical (unpaired) electrons. The number of hydrogen-bond acceptors (Lipinski definition) is 5. The Hall–Kier alpha value is -4.05. The van der Waals surface area contributed by atoms with E-state index in [1.807, 2.05) is 24.3 Å². The SMILES string of the molecule is CC1(C)NC[C@@H](c2cc(F)cc(F)c2)N(CC(=O)Nc2ccc3c(c2)C[C@@]2(C3)C(=O)NC3=C2C=CCN3)C1=O. The number of hydrogen-bond donors (Lipinski definition) is 4. The molecule has 1 fully saturated rings. The van der Waals surface area contributed by atoms with E-state index < -0.39 is 34.5 Å². The van der Waals surface area contributed by atoms with Crippen LogP contribution in [0.15, 0.2) is 59.9 Å². The minimum atomic E-state index is -0.942. The molecule has 3 aliphatic heterocycles. The van der Waals surface area contributed by atoms with Crippen molar-refractivity contribution in [2.75, 3.05) is 25.0 Å². The van der Waals surface area contributed by atoms with E-state index in [0.717, 1.165) is 28.6 Å². The van der Waals surface area contributed by atoms with Crippen molar-refractivity contribution in [3.05, 3.63) is 88.3 Å². The average molecular weight is 534 g/mol. The van der Waals surface area contributed by atoms with Crippen LogP contribution in [-0.2, 0) is 27.2 Å². The lowest BCUT2D eigenvalue weighted by Gasteiger charge is -2.43. The van der Waals surface area contributed by atoms with Crippen LogP contribution in [0.4, 0.5) is 14.5 Å². The molecular weight excluding hydrogens is 504 g/mol. The summed E-state index contributed by atoms with van der Waals surface area (Å²) in [6.45, 7) is 4.02. The van der Waals surface area contributed by atoms with Gasteiger partial charge in [0.05, 0.1) is 17.0 Å². The van der Waals surface area contributed by atoms with Gasteiger partial charge in [0.1, 0.15) is 24.0 Å². The van der Waals surface area contributed by atoms with Crippen LogP contribution in [0.2, 0.25) is 0 Å². The Kier molecular flexibility index (Phi) is 5.83. The number of dihydropyridines is 1. The zero-order valence-corrected chi connectivity index (χ0v) is 21.7. The summed E-state index contributed by atoms with van der Waals surface area (Å²) in [4.78, 5) is 40.8. The minimum absolute atomic E-state index is 0.0343. The van der Waals surface area contributed by atoms with E-state index in [0.29, 0.717) is 25.1 Å². The zero-order chi connectivity index (χ0) is 27.5. The van der Waals surface area contributed by atoms with Gasteiger partial charge in [0, 0.05) is 30.4 Å². The van der Waals surface area contributed by atoms with Gasteiger partial charge in [0.15, 0.2) is 0 Å². The average Bonchev–Trinajstić information content (AvgIpc) is 3.38. The molecule has 4 N–H and O–H groups in total. The Balaban J connectivity index is 1.21. The normalized spacial score (nSPS) is 24.9. The molecule has 3 heterocycles. The second-order valence-electron chi connectivity index (χ2n) is 11.2. The third-order valence-corrected chi connectivity index (χ3v) is 8.11. The van der Waals surface area contributed by atoms with Gasteiger partial charge in [-0.05, 0) is 67.6 Å². The van der Waals surface area contributed by atoms with Gasteiger partial charge in [-0.3, -0.25) is 14.4 Å². The van der Waals surface area contributed by atoms with Crippen LogP contribution in [0, 0.1) is 17.0 Å². The molecule has 4 aliphatic rings. The van der Waals surface area contributed by atoms with Crippen LogP contribution in [0.1, 0.15) is 36.6 Å². The quantitative estimate of drug-likeness (QED) is 0.484. The van der Waals surface area contributed by atoms with Gasteiger partial charge in [-0.15, -0.1) is 0 Å². The highest BCUT2D eigenvalue weighted by atomic mass is 19.1. The summed E-state index contributed by atoms with van der Waals surface area (Å²) in [7, 11) is 0. The molecule has 1 spiro atoms. The summed E-state index contributed by atoms with van der Waals surface area (Å²) in [6.07, 6.45) is 5.09. The molecule has 2 aromatic carbocycles. The summed E-state index contributed by atoms with van der Waals surface area (Å²) >= 11 is 0. The van der Waals surface area contributed by atoms with Gasteiger partial charge in [0.25, 0.3) is 0 Å². The number of rotatable bonds is 4. The maximum Gasteiger partial charge on any atom is 0.244 e. The molecule has 1 aliphatic carbocycles. The molecule has 0 bridgehead atoms. The van der Waals surface area contributed by atoms with Gasteiger partial charge < -0.3 is 26.2 Å². The first-order valence-electron chi connectivity index (χ1n) is 13.0. The molecule has 10 heteroatoms. The summed E-state index contributed by atoms with van der Waals surface area (Å²) < 4.78 is 27.9. The number of nitrogens with one attached hydrogen (secondary N) is 4. The molecular formula is C29H29F2N5O3. The fraction of sp³-hybridized carbons (Fsp3) is 0.345. The highest BCUT2D eigenvalue weighted by molar-refractivity contribution is 5.97. The minimum Gasteiger partial charge on any atom is -0.368 e. The second kappa shape index (κ2) is 9.01. The van der Waals surface area contributed by atoms with Crippen molar-refractivity contribution in [3.8, 4) is 0 Å². The smallest absolute Gasteiger partial charge is 0.244 e. The van der Waals surface area contributed by atoms with Gasteiger partial charge >= 0.3 is 0 Å². The summed E-state index contributed by atoms with van der Waals surface area (Å²) in [6, 6.07) is 7.99. The van der Waals surface area contributed by atoms with Gasteiger partial charge in [-0.2, -0.15) is 0 Å². The molecule has 0 unspecified atom stereocenters. The lowest BCUT2D eigenvalue weighted by atomic mass is 9.78. The van der Waals surface area contributed by atoms with E-state index in [2.05, 4.69) is 21.3 Å². The molecule has 1 saturated heterocycles. The second-order valence-corrected chi connectivity index (χ2v) is 11.2. The fourth-order valence-corrected chi connectivity index (χ4v) is 6.13. The maximum atomic E-state index is 14.0. The Labute approximate surface area is 224 Å². The first-order valence-corrected chi connectivity index (χ1v) is 13.0. The van der Waals surface area contributed by atoms with E-state index in [4.69, 9.17) is 0 Å². The van der Waals surface area contributed by atoms with E-state index >= 15 is 0 Å². The van der Waals surface area contributed by atoms with Crippen LogP contribution < -0.4 is 21.3 Å². The third-order valence-electron chi connectivity index (χ3n) is 8.11. The number of halogens is 2. The largest absolute Gasteiger partial charge is 0.368 e. The number of allylic oxidation sites excluding steroid dienone is 1. The molecule has 0 aromatic heterocycles. The van der Waals surface area contributed by atoms with Crippen LogP contribution in [0.25, 0.3) is 0 Å². The van der Waals surface area contributed by atoms with Crippen LogP contribution >= 0.6 is 0 Å². The van der Waals surface area contributed by atoms with Crippen molar-refractivity contribution in [2.24, 2.45) is 5.41 Å². The number of carbonyl (C=O) groups excluding carboxylic acids is 3. The van der Waals surface area contributed by atoms with Crippen molar-refractivity contribution >= 4 is 23.4 Å². The topological polar surface area (TPSA) is 103 Å². The lowest BCUT2D eigenvalue weighted by Crippen LogP contribution is -2.63. The highest BCUT2D eigenvalue weighted by Crippen LogP contribution is 2.48. The molecule has 8 nitrogen and oxygen atoms in total. The molecule has 2 atom stereocenters. The van der Waals surface area contributed by atoms with Crippen LogP contribution in [-0.4, -0.2) is 47.8 Å². The number of piperazine rings is 1. The summed E-state index contributed by atoms with van der Waals surface area (Å²) in [5, 5.41) is 12.2. The highest BCUT2D eigenvalue weighted by Gasteiger charge is 2.51. The Morgan fingerprint density at radius 1 is 1.08 bits per heavy atom. The van der Waals surface area contributed by atoms with Crippen molar-refractivity contribution < 1.29 is 23.2 Å².